The van der Waals surface area contributed by atoms with Gasteiger partial charge < -0.3 is 14.6 Å². The Labute approximate surface area is 170 Å². The zero-order chi connectivity index (χ0) is 21.8. The predicted molar refractivity (Wildman–Crippen MR) is 103 cm³/mol. The highest BCUT2D eigenvalue weighted by atomic mass is 32.2. The lowest BCUT2D eigenvalue weighted by atomic mass is 10.3. The highest BCUT2D eigenvalue weighted by Gasteiger charge is 2.33. The number of aromatic nitrogens is 3. The van der Waals surface area contributed by atoms with Gasteiger partial charge in [-0.2, -0.15) is 0 Å². The quantitative estimate of drug-likeness (QED) is 0.522. The van der Waals surface area contributed by atoms with Gasteiger partial charge in [-0.25, -0.2) is 23.1 Å². The number of rotatable bonds is 8. The third-order valence-electron chi connectivity index (χ3n) is 3.78. The van der Waals surface area contributed by atoms with Crippen molar-refractivity contribution >= 4 is 15.8 Å². The van der Waals surface area contributed by atoms with Crippen LogP contribution in [-0.2, 0) is 10.0 Å². The molecule has 1 aromatic carbocycles. The molecule has 0 aliphatic carbocycles. The molecule has 0 saturated carbocycles. The molecule has 2 heterocycles. The smallest absolute Gasteiger partial charge is 0.404 e. The number of halogens is 3. The summed E-state index contributed by atoms with van der Waals surface area (Å²) in [5.41, 5.74) is 0. The van der Waals surface area contributed by atoms with E-state index < -0.39 is 27.0 Å². The van der Waals surface area contributed by atoms with E-state index in [1.54, 1.807) is 17.6 Å². The molecule has 160 valence electrons. The van der Waals surface area contributed by atoms with E-state index in [9.17, 15) is 21.6 Å². The molecule has 0 fully saturated rings. The number of ether oxygens (including phenoxy) is 1. The zero-order valence-corrected chi connectivity index (χ0v) is 16.5. The Hall–Kier alpha value is -3.12. The monoisotopic (exact) mass is 441 g/mol. The molecule has 0 unspecified atom stereocenters. The van der Waals surface area contributed by atoms with Crippen LogP contribution in [0, 0.1) is 6.92 Å². The molecule has 2 aromatic heterocycles. The number of benzene rings is 1. The zero-order valence-electron chi connectivity index (χ0n) is 15.7. The summed E-state index contributed by atoms with van der Waals surface area (Å²) in [6.07, 6.45) is -1.37. The number of hydrogen-bond donors (Lipinski definition) is 2. The van der Waals surface area contributed by atoms with Gasteiger partial charge in [0.15, 0.2) is 0 Å². The van der Waals surface area contributed by atoms with Crippen molar-refractivity contribution in [2.75, 3.05) is 18.4 Å². The van der Waals surface area contributed by atoms with E-state index in [2.05, 4.69) is 24.7 Å². The van der Waals surface area contributed by atoms with Crippen LogP contribution >= 0.6 is 0 Å². The third kappa shape index (κ3) is 5.70. The second kappa shape index (κ2) is 8.71. The summed E-state index contributed by atoms with van der Waals surface area (Å²) in [4.78, 5) is 7.95. The van der Waals surface area contributed by atoms with E-state index in [0.717, 1.165) is 12.1 Å². The largest absolute Gasteiger partial charge is 0.573 e. The van der Waals surface area contributed by atoms with E-state index in [-0.39, 0.29) is 13.1 Å². The highest BCUT2D eigenvalue weighted by molar-refractivity contribution is 7.89. The summed E-state index contributed by atoms with van der Waals surface area (Å²) in [7, 11) is -4.22. The number of aryl methyl sites for hydroxylation is 1. The maximum Gasteiger partial charge on any atom is 0.573 e. The molecule has 3 aromatic rings. The Morgan fingerprint density at radius 1 is 1.07 bits per heavy atom. The molecule has 0 aliphatic heterocycles. The molecule has 30 heavy (non-hydrogen) atoms. The van der Waals surface area contributed by atoms with Crippen LogP contribution in [-0.4, -0.2) is 42.4 Å². The first-order valence-electron chi connectivity index (χ1n) is 8.71. The molecular weight excluding hydrogens is 423 g/mol. The molecule has 0 radical (unpaired) electrons. The third-order valence-corrected chi connectivity index (χ3v) is 5.28. The Morgan fingerprint density at radius 2 is 1.77 bits per heavy atom. The van der Waals surface area contributed by atoms with E-state index in [4.69, 9.17) is 0 Å². The van der Waals surface area contributed by atoms with Gasteiger partial charge in [-0.1, -0.05) is 12.1 Å². The summed E-state index contributed by atoms with van der Waals surface area (Å²) >= 11 is 0. The molecule has 2 N–H and O–H groups in total. The molecule has 3 rings (SSSR count). The number of para-hydroxylation sites is 1. The lowest BCUT2D eigenvalue weighted by molar-refractivity contribution is -0.275. The predicted octanol–water partition coefficient (Wildman–Crippen LogP) is 2.86. The van der Waals surface area contributed by atoms with Crippen LogP contribution in [0.25, 0.3) is 5.82 Å². The minimum absolute atomic E-state index is 0.0927. The van der Waals surface area contributed by atoms with E-state index >= 15 is 0 Å². The Morgan fingerprint density at radius 3 is 2.47 bits per heavy atom. The Bertz CT molecular complexity index is 1100. The second-order valence-electron chi connectivity index (χ2n) is 6.07. The molecule has 0 aliphatic rings. The van der Waals surface area contributed by atoms with Crippen molar-refractivity contribution in [2.24, 2.45) is 0 Å². The van der Waals surface area contributed by atoms with Crippen LogP contribution in [0.15, 0.2) is 59.8 Å². The molecule has 12 heteroatoms. The summed E-state index contributed by atoms with van der Waals surface area (Å²) in [6.45, 7) is 1.77. The lowest BCUT2D eigenvalue weighted by Crippen LogP contribution is -2.30. The molecule has 0 atom stereocenters. The molecule has 0 spiro atoms. The average Bonchev–Trinajstić information content (AvgIpc) is 3.19. The maximum atomic E-state index is 12.5. The van der Waals surface area contributed by atoms with Gasteiger partial charge in [-0.05, 0) is 31.2 Å². The van der Waals surface area contributed by atoms with E-state index in [1.165, 1.54) is 12.1 Å². The molecule has 0 amide bonds. The van der Waals surface area contributed by atoms with Crippen LogP contribution in [0.3, 0.4) is 0 Å². The SMILES string of the molecule is Cc1nc(NCCNS(=O)(=O)c2ccccc2OC(F)(F)F)cc(-n2cccc2)n1. The second-order valence-corrected chi connectivity index (χ2v) is 7.80. The topological polar surface area (TPSA) is 98.1 Å². The summed E-state index contributed by atoms with van der Waals surface area (Å²) in [6, 6.07) is 9.91. The van der Waals surface area contributed by atoms with Gasteiger partial charge in [0.05, 0.1) is 0 Å². The number of sulfonamides is 1. The van der Waals surface area contributed by atoms with Crippen LogP contribution in [0.1, 0.15) is 5.82 Å². The van der Waals surface area contributed by atoms with E-state index in [0.29, 0.717) is 17.5 Å². The van der Waals surface area contributed by atoms with Crippen LogP contribution in [0.2, 0.25) is 0 Å². The number of anilines is 1. The highest BCUT2D eigenvalue weighted by Crippen LogP contribution is 2.29. The number of nitrogens with zero attached hydrogens (tertiary/aromatic N) is 3. The molecular formula is C18H18F3N5O3S. The molecule has 8 nitrogen and oxygen atoms in total. The van der Waals surface area contributed by atoms with Crippen LogP contribution in [0.5, 0.6) is 5.75 Å². The average molecular weight is 441 g/mol. The molecule has 0 saturated heterocycles. The van der Waals surface area contributed by atoms with Gasteiger partial charge in [0, 0.05) is 31.5 Å². The minimum atomic E-state index is -5.00. The number of alkyl halides is 3. The maximum absolute atomic E-state index is 12.5. The fourth-order valence-corrected chi connectivity index (χ4v) is 3.76. The lowest BCUT2D eigenvalue weighted by Gasteiger charge is -2.14. The van der Waals surface area contributed by atoms with Gasteiger partial charge in [0.25, 0.3) is 0 Å². The minimum Gasteiger partial charge on any atom is -0.404 e. The van der Waals surface area contributed by atoms with Gasteiger partial charge in [-0.3, -0.25) is 0 Å². The van der Waals surface area contributed by atoms with Crippen molar-refractivity contribution in [3.8, 4) is 11.6 Å². The van der Waals surface area contributed by atoms with Crippen LogP contribution in [0.4, 0.5) is 19.0 Å². The van der Waals surface area contributed by atoms with Gasteiger partial charge >= 0.3 is 6.36 Å². The Balaban J connectivity index is 1.63. The summed E-state index contributed by atoms with van der Waals surface area (Å²) in [5.74, 6) is 0.829. The van der Waals surface area contributed by atoms with Gasteiger partial charge in [0.1, 0.15) is 28.1 Å². The van der Waals surface area contributed by atoms with Gasteiger partial charge in [0.2, 0.25) is 10.0 Å². The summed E-state index contributed by atoms with van der Waals surface area (Å²) < 4.78 is 70.2. The standard InChI is InChI=1S/C18H18F3N5O3S/c1-13-24-16(12-17(25-13)26-10-4-5-11-26)22-8-9-23-30(27,28)15-7-3-2-6-14(15)29-18(19,20)21/h2-7,10-12,23H,8-9H2,1H3,(H,22,24,25). The summed E-state index contributed by atoms with van der Waals surface area (Å²) in [5, 5.41) is 2.96. The first-order chi connectivity index (χ1) is 14.1. The number of nitrogens with one attached hydrogen (secondary N) is 2. The van der Waals surface area contributed by atoms with Crippen LogP contribution < -0.4 is 14.8 Å². The number of hydrogen-bond acceptors (Lipinski definition) is 6. The van der Waals surface area contributed by atoms with Crippen molar-refractivity contribution in [1.82, 2.24) is 19.3 Å². The van der Waals surface area contributed by atoms with Crippen molar-refractivity contribution in [1.29, 1.82) is 0 Å². The fraction of sp³-hybridized carbons (Fsp3) is 0.222. The van der Waals surface area contributed by atoms with Crippen molar-refractivity contribution in [3.63, 3.8) is 0 Å². The normalized spacial score (nSPS) is 12.0. The Kier molecular flexibility index (Phi) is 6.27. The first-order valence-corrected chi connectivity index (χ1v) is 10.2. The fourth-order valence-electron chi connectivity index (χ4n) is 2.60. The molecule has 0 bridgehead atoms. The van der Waals surface area contributed by atoms with Crippen molar-refractivity contribution in [2.45, 2.75) is 18.2 Å². The first kappa shape index (κ1) is 21.6. The van der Waals surface area contributed by atoms with Crippen molar-refractivity contribution in [3.05, 3.63) is 60.7 Å². The van der Waals surface area contributed by atoms with Crippen molar-refractivity contribution < 1.29 is 26.3 Å². The van der Waals surface area contributed by atoms with Gasteiger partial charge in [-0.15, -0.1) is 13.2 Å². The van der Waals surface area contributed by atoms with E-state index in [1.807, 2.05) is 24.5 Å².